The summed E-state index contributed by atoms with van der Waals surface area (Å²) in [6.45, 7) is 7.39. The molecule has 4 rings (SSSR count). The number of aromatic nitrogens is 2. The fourth-order valence-electron chi connectivity index (χ4n) is 3.83. The largest absolute Gasteiger partial charge is 0.497 e. The van der Waals surface area contributed by atoms with Crippen molar-refractivity contribution in [1.82, 2.24) is 20.4 Å². The van der Waals surface area contributed by atoms with Crippen LogP contribution in [0.15, 0.2) is 58.8 Å². The van der Waals surface area contributed by atoms with Gasteiger partial charge >= 0.3 is 0 Å². The first-order chi connectivity index (χ1) is 15.5. The maximum atomic E-state index is 5.75. The van der Waals surface area contributed by atoms with Gasteiger partial charge in [-0.05, 0) is 75.0 Å². The van der Waals surface area contributed by atoms with E-state index in [1.807, 2.05) is 67.3 Å². The van der Waals surface area contributed by atoms with Gasteiger partial charge in [-0.3, -0.25) is 0 Å². The van der Waals surface area contributed by atoms with E-state index in [1.54, 1.807) is 7.11 Å². The van der Waals surface area contributed by atoms with E-state index in [1.165, 1.54) is 0 Å². The minimum Gasteiger partial charge on any atom is -0.497 e. The first-order valence-corrected chi connectivity index (χ1v) is 11.0. The first-order valence-electron chi connectivity index (χ1n) is 10.6. The maximum absolute atomic E-state index is 5.75. The Balaban J connectivity index is 1.75. The Bertz CT molecular complexity index is 1140. The summed E-state index contributed by atoms with van der Waals surface area (Å²) in [5.74, 6) is 2.54. The summed E-state index contributed by atoms with van der Waals surface area (Å²) in [5.41, 5.74) is 3.72. The SMILES string of the molecule is CCOc1ccc(-c2noc(C3=C(C)N(CC)C(=S)NC3c3cccc(OC)c3)n2)cc1. The van der Waals surface area contributed by atoms with E-state index in [9.17, 15) is 0 Å². The number of nitrogens with one attached hydrogen (secondary N) is 1. The lowest BCUT2D eigenvalue weighted by Crippen LogP contribution is -2.45. The van der Waals surface area contributed by atoms with E-state index in [0.717, 1.165) is 40.4 Å². The topological polar surface area (TPSA) is 72.7 Å². The summed E-state index contributed by atoms with van der Waals surface area (Å²) >= 11 is 5.63. The van der Waals surface area contributed by atoms with Gasteiger partial charge in [0.05, 0.1) is 25.3 Å². The fraction of sp³-hybridized carbons (Fsp3) is 0.292. The Kier molecular flexibility index (Phi) is 6.41. The van der Waals surface area contributed by atoms with Crippen LogP contribution in [0.1, 0.15) is 38.3 Å². The van der Waals surface area contributed by atoms with Gasteiger partial charge in [0.1, 0.15) is 11.5 Å². The fourth-order valence-corrected chi connectivity index (χ4v) is 4.21. The monoisotopic (exact) mass is 450 g/mol. The zero-order chi connectivity index (χ0) is 22.7. The van der Waals surface area contributed by atoms with Crippen molar-refractivity contribution in [2.45, 2.75) is 26.8 Å². The molecule has 2 aromatic carbocycles. The minimum atomic E-state index is -0.242. The van der Waals surface area contributed by atoms with Crippen LogP contribution in [0, 0.1) is 0 Å². The number of hydrogen-bond acceptors (Lipinski definition) is 6. The molecule has 1 unspecified atom stereocenters. The molecule has 7 nitrogen and oxygen atoms in total. The Labute approximate surface area is 193 Å². The van der Waals surface area contributed by atoms with Crippen molar-refractivity contribution in [3.8, 4) is 22.9 Å². The molecule has 32 heavy (non-hydrogen) atoms. The van der Waals surface area contributed by atoms with E-state index in [0.29, 0.717) is 23.4 Å². The second kappa shape index (κ2) is 9.40. The molecule has 0 fully saturated rings. The van der Waals surface area contributed by atoms with E-state index < -0.39 is 0 Å². The van der Waals surface area contributed by atoms with Gasteiger partial charge in [0.25, 0.3) is 5.89 Å². The number of nitrogens with zero attached hydrogens (tertiary/aromatic N) is 3. The highest BCUT2D eigenvalue weighted by molar-refractivity contribution is 7.80. The molecule has 166 valence electrons. The molecule has 3 aromatic rings. The van der Waals surface area contributed by atoms with Gasteiger partial charge in [0.15, 0.2) is 5.11 Å². The van der Waals surface area contributed by atoms with E-state index in [-0.39, 0.29) is 6.04 Å². The van der Waals surface area contributed by atoms with Crippen LogP contribution in [0.5, 0.6) is 11.5 Å². The number of benzene rings is 2. The van der Waals surface area contributed by atoms with Crippen molar-refractivity contribution < 1.29 is 14.0 Å². The Hall–Kier alpha value is -3.39. The zero-order valence-corrected chi connectivity index (χ0v) is 19.4. The molecule has 0 amide bonds. The third kappa shape index (κ3) is 4.18. The number of hydrogen-bond donors (Lipinski definition) is 1. The Morgan fingerprint density at radius 2 is 1.91 bits per heavy atom. The number of ether oxygens (including phenoxy) is 2. The molecule has 1 aromatic heterocycles. The predicted molar refractivity (Wildman–Crippen MR) is 127 cm³/mol. The lowest BCUT2D eigenvalue weighted by molar-refractivity contribution is 0.340. The molecule has 2 heterocycles. The van der Waals surface area contributed by atoms with Crippen LogP contribution in [0.2, 0.25) is 0 Å². The third-order valence-corrected chi connectivity index (χ3v) is 5.76. The van der Waals surface area contributed by atoms with E-state index in [4.69, 9.17) is 31.2 Å². The summed E-state index contributed by atoms with van der Waals surface area (Å²) in [6.07, 6.45) is 0. The first kappa shape index (κ1) is 21.8. The molecule has 0 spiro atoms. The second-order valence-corrected chi connectivity index (χ2v) is 7.67. The van der Waals surface area contributed by atoms with Gasteiger partial charge in [-0.2, -0.15) is 4.98 Å². The molecular weight excluding hydrogens is 424 g/mol. The normalized spacial score (nSPS) is 16.2. The van der Waals surface area contributed by atoms with Crippen LogP contribution >= 0.6 is 12.2 Å². The average Bonchev–Trinajstić information content (AvgIpc) is 3.29. The molecule has 0 bridgehead atoms. The van der Waals surface area contributed by atoms with Crippen LogP contribution in [-0.4, -0.2) is 40.4 Å². The van der Waals surface area contributed by atoms with E-state index >= 15 is 0 Å². The maximum Gasteiger partial charge on any atom is 0.258 e. The van der Waals surface area contributed by atoms with Gasteiger partial charge in [-0.1, -0.05) is 17.3 Å². The smallest absolute Gasteiger partial charge is 0.258 e. The standard InChI is InChI=1S/C24H26N4O3S/c1-5-28-15(3)20(21(25-24(28)32)17-8-7-9-19(14-17)29-4)23-26-22(27-31-23)16-10-12-18(13-11-16)30-6-2/h7-14,21H,5-6H2,1-4H3,(H,25,32). The van der Waals surface area contributed by atoms with Gasteiger partial charge in [-0.15, -0.1) is 0 Å². The van der Waals surface area contributed by atoms with Crippen LogP contribution < -0.4 is 14.8 Å². The van der Waals surface area contributed by atoms with Gasteiger partial charge in [0.2, 0.25) is 5.82 Å². The summed E-state index contributed by atoms with van der Waals surface area (Å²) in [5, 5.41) is 8.33. The highest BCUT2D eigenvalue weighted by Gasteiger charge is 2.33. The van der Waals surface area contributed by atoms with Crippen molar-refractivity contribution in [2.24, 2.45) is 0 Å². The second-order valence-electron chi connectivity index (χ2n) is 7.28. The summed E-state index contributed by atoms with van der Waals surface area (Å²) in [4.78, 5) is 6.75. The molecule has 1 aliphatic heterocycles. The van der Waals surface area contributed by atoms with Crippen LogP contribution in [0.4, 0.5) is 0 Å². The molecule has 0 radical (unpaired) electrons. The lowest BCUT2D eigenvalue weighted by atomic mass is 9.94. The summed E-state index contributed by atoms with van der Waals surface area (Å²) in [7, 11) is 1.65. The molecule has 0 saturated heterocycles. The minimum absolute atomic E-state index is 0.242. The molecule has 1 aliphatic rings. The molecular formula is C24H26N4O3S. The van der Waals surface area contributed by atoms with Gasteiger partial charge in [0, 0.05) is 17.8 Å². The van der Waals surface area contributed by atoms with Crippen molar-refractivity contribution in [3.63, 3.8) is 0 Å². The van der Waals surface area contributed by atoms with Crippen LogP contribution in [0.25, 0.3) is 17.0 Å². The molecule has 0 saturated carbocycles. The molecule has 1 atom stereocenters. The van der Waals surface area contributed by atoms with Gasteiger partial charge in [-0.25, -0.2) is 0 Å². The van der Waals surface area contributed by atoms with Crippen molar-refractivity contribution in [1.29, 1.82) is 0 Å². The number of methoxy groups -OCH3 is 1. The summed E-state index contributed by atoms with van der Waals surface area (Å²) in [6, 6.07) is 15.3. The quantitative estimate of drug-likeness (QED) is 0.514. The Morgan fingerprint density at radius 3 is 2.59 bits per heavy atom. The van der Waals surface area contributed by atoms with E-state index in [2.05, 4.69) is 17.4 Å². The number of rotatable bonds is 7. The third-order valence-electron chi connectivity index (χ3n) is 5.42. The predicted octanol–water partition coefficient (Wildman–Crippen LogP) is 4.83. The molecule has 8 heteroatoms. The summed E-state index contributed by atoms with van der Waals surface area (Å²) < 4.78 is 16.7. The zero-order valence-electron chi connectivity index (χ0n) is 18.6. The Morgan fingerprint density at radius 1 is 1.12 bits per heavy atom. The molecule has 1 N–H and O–H groups in total. The highest BCUT2D eigenvalue weighted by Crippen LogP contribution is 2.38. The molecule has 0 aliphatic carbocycles. The van der Waals surface area contributed by atoms with Crippen LogP contribution in [0.3, 0.4) is 0 Å². The number of thiocarbonyl (C=S) groups is 1. The van der Waals surface area contributed by atoms with Crippen LogP contribution in [-0.2, 0) is 0 Å². The van der Waals surface area contributed by atoms with Crippen molar-refractivity contribution >= 4 is 22.9 Å². The van der Waals surface area contributed by atoms with Crippen molar-refractivity contribution in [3.05, 3.63) is 65.7 Å². The lowest BCUT2D eigenvalue weighted by Gasteiger charge is -2.36. The van der Waals surface area contributed by atoms with Crippen molar-refractivity contribution in [2.75, 3.05) is 20.3 Å². The van der Waals surface area contributed by atoms with Gasteiger partial charge < -0.3 is 24.2 Å². The number of allylic oxidation sites excluding steroid dienone is 1. The average molecular weight is 451 g/mol. The highest BCUT2D eigenvalue weighted by atomic mass is 32.1.